The Morgan fingerprint density at radius 1 is 1.10 bits per heavy atom. The number of nitrogens with zero attached hydrogens (tertiary/aromatic N) is 1. The minimum atomic E-state index is -0.696. The fourth-order valence-electron chi connectivity index (χ4n) is 3.48. The predicted octanol–water partition coefficient (Wildman–Crippen LogP) is 4.87. The maximum atomic E-state index is 12.9. The lowest BCUT2D eigenvalue weighted by Crippen LogP contribution is -2.19. The van der Waals surface area contributed by atoms with E-state index in [1.54, 1.807) is 13.3 Å². The van der Waals surface area contributed by atoms with Crippen molar-refractivity contribution in [2.75, 3.05) is 21.0 Å². The van der Waals surface area contributed by atoms with Gasteiger partial charge >= 0.3 is 5.97 Å². The number of carbonyl (C=O) groups excluding carboxylic acids is 1. The molecule has 0 aliphatic rings. The van der Waals surface area contributed by atoms with Gasteiger partial charge in [-0.15, -0.1) is 0 Å². The van der Waals surface area contributed by atoms with E-state index >= 15 is 0 Å². The average molecular weight is 393 g/mol. The van der Waals surface area contributed by atoms with E-state index in [9.17, 15) is 4.79 Å². The van der Waals surface area contributed by atoms with Crippen molar-refractivity contribution in [1.29, 1.82) is 0 Å². The van der Waals surface area contributed by atoms with E-state index in [1.165, 1.54) is 7.11 Å². The first-order valence-electron chi connectivity index (χ1n) is 9.85. The summed E-state index contributed by atoms with van der Waals surface area (Å²) < 4.78 is 16.1. The number of pyridine rings is 1. The molecule has 0 fully saturated rings. The van der Waals surface area contributed by atoms with Crippen molar-refractivity contribution in [1.82, 2.24) is 4.98 Å². The lowest BCUT2D eigenvalue weighted by molar-refractivity contribution is -0.141. The number of hydrogen-bond donors (Lipinski definition) is 0. The molecule has 1 atom stereocenters. The number of ether oxygens (including phenoxy) is 3. The summed E-state index contributed by atoms with van der Waals surface area (Å²) in [6.07, 6.45) is 4.88. The van der Waals surface area contributed by atoms with Gasteiger partial charge in [0.15, 0.2) is 6.79 Å². The Kier molecular flexibility index (Phi) is 7.19. The number of aromatic nitrogens is 1. The van der Waals surface area contributed by atoms with Gasteiger partial charge in [-0.25, -0.2) is 0 Å². The van der Waals surface area contributed by atoms with E-state index in [2.05, 4.69) is 11.9 Å². The van der Waals surface area contributed by atoms with Crippen molar-refractivity contribution < 1.29 is 19.0 Å². The standard InChI is InChI=1S/C24H27NO4/c1-4-5-8-17-11-12-20(21(15-17)29-16-27-2)22(24(26)28-3)23-19-10-7-6-9-18(19)13-14-25-23/h6-7,9-15,22H,4-5,8,16H2,1-3H3. The number of rotatable bonds is 9. The van der Waals surface area contributed by atoms with Crippen LogP contribution in [-0.4, -0.2) is 32.0 Å². The third kappa shape index (κ3) is 4.74. The van der Waals surface area contributed by atoms with E-state index in [4.69, 9.17) is 14.2 Å². The summed E-state index contributed by atoms with van der Waals surface area (Å²) in [6.45, 7) is 2.26. The Balaban J connectivity index is 2.14. The molecule has 1 heterocycles. The van der Waals surface area contributed by atoms with Gasteiger partial charge in [-0.05, 0) is 35.9 Å². The van der Waals surface area contributed by atoms with Gasteiger partial charge in [-0.1, -0.05) is 49.7 Å². The Labute approximate surface area is 171 Å². The van der Waals surface area contributed by atoms with E-state index in [0.717, 1.165) is 41.2 Å². The van der Waals surface area contributed by atoms with Crippen molar-refractivity contribution >= 4 is 16.7 Å². The van der Waals surface area contributed by atoms with Crippen LogP contribution < -0.4 is 4.74 Å². The van der Waals surface area contributed by atoms with Crippen molar-refractivity contribution in [3.8, 4) is 5.75 Å². The van der Waals surface area contributed by atoms with Gasteiger partial charge in [0.25, 0.3) is 0 Å². The maximum absolute atomic E-state index is 12.9. The summed E-state index contributed by atoms with van der Waals surface area (Å²) in [4.78, 5) is 17.4. The summed E-state index contributed by atoms with van der Waals surface area (Å²) in [5.41, 5.74) is 2.53. The zero-order valence-corrected chi connectivity index (χ0v) is 17.2. The van der Waals surface area contributed by atoms with Crippen molar-refractivity contribution in [2.24, 2.45) is 0 Å². The number of methoxy groups -OCH3 is 2. The molecule has 0 saturated carbocycles. The third-order valence-corrected chi connectivity index (χ3v) is 4.96. The first kappa shape index (κ1) is 20.8. The second kappa shape index (κ2) is 10.0. The normalized spacial score (nSPS) is 12.0. The van der Waals surface area contributed by atoms with Gasteiger partial charge < -0.3 is 14.2 Å². The Hall–Kier alpha value is -2.92. The fourth-order valence-corrected chi connectivity index (χ4v) is 3.48. The highest BCUT2D eigenvalue weighted by atomic mass is 16.7. The number of benzene rings is 2. The third-order valence-electron chi connectivity index (χ3n) is 4.96. The minimum absolute atomic E-state index is 0.0983. The van der Waals surface area contributed by atoms with Crippen LogP contribution >= 0.6 is 0 Å². The minimum Gasteiger partial charge on any atom is -0.468 e. The highest BCUT2D eigenvalue weighted by Crippen LogP contribution is 2.36. The molecule has 0 amide bonds. The zero-order valence-electron chi connectivity index (χ0n) is 17.2. The van der Waals surface area contributed by atoms with Gasteiger partial charge in [0.2, 0.25) is 0 Å². The molecule has 3 aromatic rings. The molecule has 0 radical (unpaired) electrons. The first-order chi connectivity index (χ1) is 14.2. The topological polar surface area (TPSA) is 57.7 Å². The van der Waals surface area contributed by atoms with Gasteiger partial charge in [-0.2, -0.15) is 0 Å². The van der Waals surface area contributed by atoms with Crippen LogP contribution in [0.2, 0.25) is 0 Å². The average Bonchev–Trinajstić information content (AvgIpc) is 2.77. The Bertz CT molecular complexity index is 965. The van der Waals surface area contributed by atoms with E-state index in [-0.39, 0.29) is 12.8 Å². The van der Waals surface area contributed by atoms with E-state index < -0.39 is 5.92 Å². The number of hydrogen-bond acceptors (Lipinski definition) is 5. The summed E-state index contributed by atoms with van der Waals surface area (Å²) in [5.74, 6) is -0.457. The summed E-state index contributed by atoms with van der Waals surface area (Å²) in [6, 6.07) is 15.8. The number of esters is 1. The van der Waals surface area contributed by atoms with Crippen molar-refractivity contribution in [3.05, 3.63) is 71.5 Å². The van der Waals surface area contributed by atoms with Gasteiger partial charge in [0, 0.05) is 24.3 Å². The molecular weight excluding hydrogens is 366 g/mol. The molecule has 1 aromatic heterocycles. The summed E-state index contributed by atoms with van der Waals surface area (Å²) in [7, 11) is 2.97. The predicted molar refractivity (Wildman–Crippen MR) is 113 cm³/mol. The number of aryl methyl sites for hydroxylation is 1. The van der Waals surface area contributed by atoms with Crippen LogP contribution in [0.15, 0.2) is 54.7 Å². The Morgan fingerprint density at radius 2 is 1.93 bits per heavy atom. The van der Waals surface area contributed by atoms with E-state index in [1.807, 2.05) is 48.5 Å². The van der Waals surface area contributed by atoms with Crippen LogP contribution in [-0.2, 0) is 20.7 Å². The van der Waals surface area contributed by atoms with Crippen molar-refractivity contribution in [3.63, 3.8) is 0 Å². The largest absolute Gasteiger partial charge is 0.468 e. The molecule has 5 heteroatoms. The molecule has 0 aliphatic heterocycles. The van der Waals surface area contributed by atoms with Crippen molar-refractivity contribution in [2.45, 2.75) is 32.1 Å². The highest BCUT2D eigenvalue weighted by molar-refractivity contribution is 5.92. The van der Waals surface area contributed by atoms with Gasteiger partial charge in [0.05, 0.1) is 12.8 Å². The molecule has 29 heavy (non-hydrogen) atoms. The summed E-state index contributed by atoms with van der Waals surface area (Å²) in [5, 5.41) is 1.93. The number of unbranched alkanes of at least 4 members (excludes halogenated alkanes) is 1. The lowest BCUT2D eigenvalue weighted by Gasteiger charge is -2.20. The molecular formula is C24H27NO4. The smallest absolute Gasteiger partial charge is 0.319 e. The molecule has 1 unspecified atom stereocenters. The molecule has 0 aliphatic carbocycles. The SMILES string of the molecule is CCCCc1ccc(C(C(=O)OC)c2nccc3ccccc23)c(OCOC)c1. The zero-order chi connectivity index (χ0) is 20.6. The van der Waals surface area contributed by atoms with Crippen LogP contribution in [0.5, 0.6) is 5.75 Å². The van der Waals surface area contributed by atoms with Crippen LogP contribution in [0, 0.1) is 0 Å². The molecule has 5 nitrogen and oxygen atoms in total. The quantitative estimate of drug-likeness (QED) is 0.384. The van der Waals surface area contributed by atoms with Gasteiger partial charge in [-0.3, -0.25) is 9.78 Å². The second-order valence-corrected chi connectivity index (χ2v) is 6.90. The molecule has 152 valence electrons. The molecule has 3 rings (SSSR count). The number of carbonyl (C=O) groups is 1. The summed E-state index contributed by atoms with van der Waals surface area (Å²) >= 11 is 0. The maximum Gasteiger partial charge on any atom is 0.319 e. The van der Waals surface area contributed by atoms with Gasteiger partial charge in [0.1, 0.15) is 11.7 Å². The van der Waals surface area contributed by atoms with Crippen LogP contribution in [0.4, 0.5) is 0 Å². The second-order valence-electron chi connectivity index (χ2n) is 6.90. The molecule has 0 spiro atoms. The van der Waals surface area contributed by atoms with Crippen LogP contribution in [0.3, 0.4) is 0 Å². The highest BCUT2D eigenvalue weighted by Gasteiger charge is 2.30. The van der Waals surface area contributed by atoms with Crippen LogP contribution in [0.1, 0.15) is 42.5 Å². The molecule has 0 N–H and O–H groups in total. The number of fused-ring (bicyclic) bond motifs is 1. The first-order valence-corrected chi connectivity index (χ1v) is 9.85. The molecule has 0 saturated heterocycles. The lowest BCUT2D eigenvalue weighted by atomic mass is 9.90. The monoisotopic (exact) mass is 393 g/mol. The fraction of sp³-hybridized carbons (Fsp3) is 0.333. The Morgan fingerprint density at radius 3 is 2.69 bits per heavy atom. The molecule has 0 bridgehead atoms. The molecule has 2 aromatic carbocycles. The van der Waals surface area contributed by atoms with E-state index in [0.29, 0.717) is 11.4 Å². The van der Waals surface area contributed by atoms with Crippen LogP contribution in [0.25, 0.3) is 10.8 Å².